The number of sulfonamides is 1. The van der Waals surface area contributed by atoms with Gasteiger partial charge in [-0.3, -0.25) is 4.98 Å². The van der Waals surface area contributed by atoms with Crippen LogP contribution >= 0.6 is 15.9 Å². The predicted octanol–water partition coefficient (Wildman–Crippen LogP) is 1.92. The standard InChI is InChI=1S/C13H15BrN2O3S/c1-19-9-11(7-14)16-20(17,18)13-4-2-3-10-8-15-6-5-12(10)13/h2-6,8,11,16H,7,9H2,1H3. The monoisotopic (exact) mass is 358 g/mol. The van der Waals surface area contributed by atoms with E-state index in [1.165, 1.54) is 7.11 Å². The average molecular weight is 359 g/mol. The molecule has 1 heterocycles. The van der Waals surface area contributed by atoms with Crippen molar-refractivity contribution in [2.75, 3.05) is 19.0 Å². The molecule has 0 fully saturated rings. The normalized spacial score (nSPS) is 13.5. The molecule has 20 heavy (non-hydrogen) atoms. The molecule has 0 bridgehead atoms. The smallest absolute Gasteiger partial charge is 0.241 e. The summed E-state index contributed by atoms with van der Waals surface area (Å²) in [7, 11) is -2.07. The fraction of sp³-hybridized carbons (Fsp3) is 0.308. The highest BCUT2D eigenvalue weighted by molar-refractivity contribution is 9.09. The number of methoxy groups -OCH3 is 1. The van der Waals surface area contributed by atoms with Gasteiger partial charge in [0.15, 0.2) is 0 Å². The van der Waals surface area contributed by atoms with Crippen molar-refractivity contribution < 1.29 is 13.2 Å². The van der Waals surface area contributed by atoms with Gasteiger partial charge in [0.2, 0.25) is 10.0 Å². The molecule has 0 aliphatic rings. The minimum absolute atomic E-state index is 0.249. The number of hydrogen-bond acceptors (Lipinski definition) is 4. The number of halogens is 1. The number of ether oxygens (including phenoxy) is 1. The van der Waals surface area contributed by atoms with Crippen LogP contribution in [0.25, 0.3) is 10.8 Å². The molecule has 1 N–H and O–H groups in total. The Morgan fingerprint density at radius 1 is 1.40 bits per heavy atom. The summed E-state index contributed by atoms with van der Waals surface area (Å²) in [6.45, 7) is 0.302. The minimum atomic E-state index is -3.61. The molecule has 0 aliphatic carbocycles. The lowest BCUT2D eigenvalue weighted by Gasteiger charge is -2.16. The van der Waals surface area contributed by atoms with Gasteiger partial charge in [0.25, 0.3) is 0 Å². The zero-order valence-corrected chi connectivity index (χ0v) is 13.3. The molecule has 1 unspecified atom stereocenters. The zero-order valence-electron chi connectivity index (χ0n) is 10.9. The third kappa shape index (κ3) is 3.35. The number of pyridine rings is 1. The van der Waals surface area contributed by atoms with Gasteiger partial charge >= 0.3 is 0 Å². The lowest BCUT2D eigenvalue weighted by atomic mass is 10.2. The minimum Gasteiger partial charge on any atom is -0.383 e. The van der Waals surface area contributed by atoms with Gasteiger partial charge < -0.3 is 4.74 Å². The van der Waals surface area contributed by atoms with Crippen LogP contribution in [-0.4, -0.2) is 38.5 Å². The quantitative estimate of drug-likeness (QED) is 0.801. The number of nitrogens with zero attached hydrogens (tertiary/aromatic N) is 1. The van der Waals surface area contributed by atoms with Crippen molar-refractivity contribution in [2.45, 2.75) is 10.9 Å². The molecule has 0 saturated carbocycles. The Labute approximate surface area is 126 Å². The van der Waals surface area contributed by atoms with E-state index in [1.54, 1.807) is 30.6 Å². The van der Waals surface area contributed by atoms with Crippen LogP contribution in [-0.2, 0) is 14.8 Å². The Balaban J connectivity index is 2.41. The number of benzene rings is 1. The van der Waals surface area contributed by atoms with E-state index >= 15 is 0 Å². The van der Waals surface area contributed by atoms with E-state index in [9.17, 15) is 8.42 Å². The first-order valence-electron chi connectivity index (χ1n) is 5.98. The van der Waals surface area contributed by atoms with Crippen molar-refractivity contribution in [2.24, 2.45) is 0 Å². The molecule has 0 aliphatic heterocycles. The van der Waals surface area contributed by atoms with Gasteiger partial charge in [-0.05, 0) is 12.1 Å². The fourth-order valence-electron chi connectivity index (χ4n) is 1.92. The van der Waals surface area contributed by atoms with E-state index in [0.29, 0.717) is 17.3 Å². The summed E-state index contributed by atoms with van der Waals surface area (Å²) >= 11 is 3.27. The maximum Gasteiger partial charge on any atom is 0.241 e. The van der Waals surface area contributed by atoms with Gasteiger partial charge in [0.1, 0.15) is 0 Å². The lowest BCUT2D eigenvalue weighted by molar-refractivity contribution is 0.182. The highest BCUT2D eigenvalue weighted by Crippen LogP contribution is 2.22. The van der Waals surface area contributed by atoms with Crippen molar-refractivity contribution in [3.8, 4) is 0 Å². The van der Waals surface area contributed by atoms with Crippen LogP contribution in [0.3, 0.4) is 0 Å². The van der Waals surface area contributed by atoms with Gasteiger partial charge in [-0.1, -0.05) is 28.1 Å². The van der Waals surface area contributed by atoms with Crippen molar-refractivity contribution in [1.82, 2.24) is 9.71 Å². The molecule has 0 saturated heterocycles. The molecule has 7 heteroatoms. The van der Waals surface area contributed by atoms with E-state index in [4.69, 9.17) is 4.74 Å². The second-order valence-electron chi connectivity index (χ2n) is 4.28. The number of rotatable bonds is 6. The van der Waals surface area contributed by atoms with Gasteiger partial charge in [-0.25, -0.2) is 13.1 Å². The number of fused-ring (bicyclic) bond motifs is 1. The van der Waals surface area contributed by atoms with Crippen molar-refractivity contribution in [1.29, 1.82) is 0 Å². The Morgan fingerprint density at radius 2 is 2.20 bits per heavy atom. The molecule has 0 radical (unpaired) electrons. The molecule has 2 rings (SSSR count). The second-order valence-corrected chi connectivity index (χ2v) is 6.61. The molecule has 0 amide bonds. The van der Waals surface area contributed by atoms with Crippen LogP contribution in [0.1, 0.15) is 0 Å². The largest absolute Gasteiger partial charge is 0.383 e. The van der Waals surface area contributed by atoms with Gasteiger partial charge in [0.05, 0.1) is 17.5 Å². The summed E-state index contributed by atoms with van der Waals surface area (Å²) in [6, 6.07) is 6.50. The molecular weight excluding hydrogens is 344 g/mol. The van der Waals surface area contributed by atoms with Crippen molar-refractivity contribution in [3.05, 3.63) is 36.7 Å². The molecule has 1 aromatic carbocycles. The summed E-state index contributed by atoms with van der Waals surface area (Å²) in [4.78, 5) is 4.25. The Kier molecular flexibility index (Phi) is 5.09. The Morgan fingerprint density at radius 3 is 2.90 bits per heavy atom. The highest BCUT2D eigenvalue weighted by atomic mass is 79.9. The summed E-state index contributed by atoms with van der Waals surface area (Å²) in [6.07, 6.45) is 3.23. The topological polar surface area (TPSA) is 68.3 Å². The number of aromatic nitrogens is 1. The second kappa shape index (κ2) is 6.62. The van der Waals surface area contributed by atoms with E-state index in [2.05, 4.69) is 25.6 Å². The molecule has 5 nitrogen and oxygen atoms in total. The molecule has 0 spiro atoms. The first-order chi connectivity index (χ1) is 9.58. The predicted molar refractivity (Wildman–Crippen MR) is 81.5 cm³/mol. The molecular formula is C13H15BrN2O3S. The van der Waals surface area contributed by atoms with E-state index < -0.39 is 10.0 Å². The third-order valence-corrected chi connectivity index (χ3v) is 5.17. The Hall–Kier alpha value is -1.02. The maximum atomic E-state index is 12.5. The first-order valence-corrected chi connectivity index (χ1v) is 8.59. The van der Waals surface area contributed by atoms with Gasteiger partial charge in [-0.2, -0.15) is 0 Å². The van der Waals surface area contributed by atoms with Crippen molar-refractivity contribution in [3.63, 3.8) is 0 Å². The van der Waals surface area contributed by atoms with Crippen LogP contribution in [0, 0.1) is 0 Å². The summed E-state index contributed by atoms with van der Waals surface area (Å²) in [5.41, 5.74) is 0. The van der Waals surface area contributed by atoms with Crippen LogP contribution in [0.2, 0.25) is 0 Å². The third-order valence-electron chi connectivity index (χ3n) is 2.81. The van der Waals surface area contributed by atoms with Gasteiger partial charge in [-0.15, -0.1) is 0 Å². The zero-order chi connectivity index (χ0) is 14.6. The maximum absolute atomic E-state index is 12.5. The van der Waals surface area contributed by atoms with Crippen LogP contribution in [0.15, 0.2) is 41.6 Å². The Bertz CT molecular complexity index is 686. The molecule has 108 valence electrons. The SMILES string of the molecule is COCC(CBr)NS(=O)(=O)c1cccc2cnccc12. The lowest BCUT2D eigenvalue weighted by Crippen LogP contribution is -2.39. The summed E-state index contributed by atoms with van der Waals surface area (Å²) < 4.78 is 32.6. The number of hydrogen-bond donors (Lipinski definition) is 1. The fourth-order valence-corrected chi connectivity index (χ4v) is 3.93. The van der Waals surface area contributed by atoms with E-state index in [-0.39, 0.29) is 10.9 Å². The highest BCUT2D eigenvalue weighted by Gasteiger charge is 2.21. The molecule has 1 aromatic heterocycles. The van der Waals surface area contributed by atoms with Crippen LogP contribution in [0.4, 0.5) is 0 Å². The summed E-state index contributed by atoms with van der Waals surface area (Å²) in [5, 5.41) is 1.92. The van der Waals surface area contributed by atoms with E-state index in [1.807, 2.05) is 6.07 Å². The summed E-state index contributed by atoms with van der Waals surface area (Å²) in [5.74, 6) is 0. The van der Waals surface area contributed by atoms with Crippen LogP contribution in [0.5, 0.6) is 0 Å². The van der Waals surface area contributed by atoms with Crippen LogP contribution < -0.4 is 4.72 Å². The number of nitrogens with one attached hydrogen (secondary N) is 1. The molecule has 2 aromatic rings. The number of alkyl halides is 1. The van der Waals surface area contributed by atoms with Gasteiger partial charge in [0, 0.05) is 35.6 Å². The molecule has 1 atom stereocenters. The van der Waals surface area contributed by atoms with Crippen molar-refractivity contribution >= 4 is 36.7 Å². The first kappa shape index (κ1) is 15.4. The average Bonchev–Trinajstić information content (AvgIpc) is 2.46. The van der Waals surface area contributed by atoms with E-state index in [0.717, 1.165) is 5.39 Å².